The number of nitrogens with two attached hydrogens (primary N) is 3. The van der Waals surface area contributed by atoms with Crippen LogP contribution in [-0.4, -0.2) is 205 Å². The van der Waals surface area contributed by atoms with E-state index >= 15 is 0 Å². The predicted octanol–water partition coefficient (Wildman–Crippen LogP) is -3.05. The fourth-order valence-corrected chi connectivity index (χ4v) is 10.2. The van der Waals surface area contributed by atoms with E-state index in [2.05, 4.69) is 57.5 Å². The van der Waals surface area contributed by atoms with Crippen LogP contribution in [0.25, 0.3) is 0 Å². The Morgan fingerprint density at radius 3 is 1.70 bits per heavy atom. The standard InChI is InChI=1S/C56H94N16O15/c1-10-31(8)44(52(83)65-34(14-11-19-61-56(58)59)47(78)68-43(30(6)7)55(86)87)69-50(81)37(23-29(4)5)66-48(79)38(24-33-26-60-27-62-33)67-46(77)35(17-18-42(75)76)64-51(82)39-15-12-20-71(39)53(84)40-16-13-21-72(40)54(85)45(32(9)73)70-49(80)36(22-28(2)3)63-41(74)25-57/h26-32,34-40,43-45,73H,10-25,57H2,1-9H3,(H,60,62)(H,63,74)(H,64,82)(H,65,83)(H,66,79)(H,67,77)(H,68,78)(H,69,81)(H,70,80)(H,75,76)(H,86,87)(H4,58,59,61)/t31-,32+,34-,35-,36-,37-,38-,39-,40-,43-,44-,45-/m0/s1. The fraction of sp³-hybridized carbons (Fsp3) is 0.714. The molecule has 3 heterocycles. The van der Waals surface area contributed by atoms with Crippen LogP contribution in [0, 0.1) is 23.7 Å². The normalized spacial score (nSPS) is 18.3. The number of guanidine groups is 1. The van der Waals surface area contributed by atoms with Gasteiger partial charge in [-0.2, -0.15) is 0 Å². The molecule has 0 saturated carbocycles. The van der Waals surface area contributed by atoms with Crippen LogP contribution in [0.2, 0.25) is 0 Å². The molecule has 0 spiro atoms. The highest BCUT2D eigenvalue weighted by molar-refractivity contribution is 5.99. The lowest BCUT2D eigenvalue weighted by Crippen LogP contribution is -2.61. The van der Waals surface area contributed by atoms with Crippen LogP contribution < -0.4 is 59.7 Å². The van der Waals surface area contributed by atoms with Gasteiger partial charge < -0.3 is 89.8 Å². The van der Waals surface area contributed by atoms with Crippen LogP contribution >= 0.6 is 0 Å². The lowest BCUT2D eigenvalue weighted by Gasteiger charge is -2.34. The SMILES string of the molecule is CC[C@H](C)[C@H](NC(=O)[C@H](CC(C)C)NC(=O)[C@H](Cc1cnc[nH]1)NC(=O)[C@H](CCC(=O)O)NC(=O)[C@@H]1CCCN1C(=O)[C@@H]1CCCN1C(=O)[C@@H](NC(=O)[C@H](CC(C)C)NC(=O)CN)[C@@H](C)O)C(=O)N[C@@H](CCCN=C(N)N)C(=O)N[C@H](C(=O)O)C(C)C. The summed E-state index contributed by atoms with van der Waals surface area (Å²) in [5, 5.41) is 51.1. The van der Waals surface area contributed by atoms with Gasteiger partial charge >= 0.3 is 11.9 Å². The molecule has 0 bridgehead atoms. The van der Waals surface area contributed by atoms with E-state index in [1.807, 2.05) is 13.8 Å². The second-order valence-corrected chi connectivity index (χ2v) is 23.5. The van der Waals surface area contributed by atoms with Crippen molar-refractivity contribution >= 4 is 77.0 Å². The first kappa shape index (κ1) is 73.3. The topological polar surface area (TPSA) is 487 Å². The summed E-state index contributed by atoms with van der Waals surface area (Å²) < 4.78 is 0. The number of likely N-dealkylation sites (tertiary alicyclic amines) is 2. The molecule has 3 rings (SSSR count). The molecule has 1 aromatic heterocycles. The number of aliphatic carboxylic acids is 2. The van der Waals surface area contributed by atoms with Gasteiger partial charge in [0, 0.05) is 44.4 Å². The Kier molecular flexibility index (Phi) is 30.0. The molecule has 0 unspecified atom stereocenters. The highest BCUT2D eigenvalue weighted by atomic mass is 16.4. The zero-order valence-corrected chi connectivity index (χ0v) is 51.4. The number of imidazole rings is 1. The molecule has 0 aromatic carbocycles. The molecule has 31 heteroatoms. The van der Waals surface area contributed by atoms with E-state index in [9.17, 15) is 72.9 Å². The molecule has 2 fully saturated rings. The molecular formula is C56H94N16O15. The molecule has 18 N–H and O–H groups in total. The van der Waals surface area contributed by atoms with Crippen molar-refractivity contribution in [3.63, 3.8) is 0 Å². The lowest BCUT2D eigenvalue weighted by molar-refractivity contribution is -0.149. The van der Waals surface area contributed by atoms with Crippen molar-refractivity contribution in [2.75, 3.05) is 26.2 Å². The molecule has 2 aliphatic rings. The molecule has 1 aromatic rings. The van der Waals surface area contributed by atoms with E-state index in [0.717, 1.165) is 0 Å². The van der Waals surface area contributed by atoms with Gasteiger partial charge in [0.05, 0.1) is 19.0 Å². The Hall–Kier alpha value is -7.96. The van der Waals surface area contributed by atoms with Crippen LogP contribution in [0.15, 0.2) is 17.5 Å². The van der Waals surface area contributed by atoms with Gasteiger partial charge in [0.1, 0.15) is 60.4 Å². The maximum absolute atomic E-state index is 14.5. The van der Waals surface area contributed by atoms with Crippen LogP contribution in [0.3, 0.4) is 0 Å². The molecule has 2 aliphatic heterocycles. The summed E-state index contributed by atoms with van der Waals surface area (Å²) in [5.74, 6) is -12.2. The summed E-state index contributed by atoms with van der Waals surface area (Å²) in [4.78, 5) is 177. The smallest absolute Gasteiger partial charge is 0.326 e. The number of carboxylic acids is 2. The minimum absolute atomic E-state index is 0.00645. The van der Waals surface area contributed by atoms with Crippen molar-refractivity contribution in [1.82, 2.24) is 62.3 Å². The number of aromatic nitrogens is 2. The first-order chi connectivity index (χ1) is 40.9. The second-order valence-electron chi connectivity index (χ2n) is 23.5. The van der Waals surface area contributed by atoms with Crippen LogP contribution in [0.5, 0.6) is 0 Å². The predicted molar refractivity (Wildman–Crippen MR) is 316 cm³/mol. The average molecular weight is 1230 g/mol. The van der Waals surface area contributed by atoms with E-state index in [4.69, 9.17) is 17.2 Å². The Morgan fingerprint density at radius 2 is 1.17 bits per heavy atom. The maximum atomic E-state index is 14.5. The number of carbonyl (C=O) groups is 12. The van der Waals surface area contributed by atoms with Gasteiger partial charge in [-0.05, 0) is 88.4 Å². The highest BCUT2D eigenvalue weighted by Gasteiger charge is 2.46. The first-order valence-corrected chi connectivity index (χ1v) is 29.8. The third kappa shape index (κ3) is 23.3. The number of aromatic amines is 1. The van der Waals surface area contributed by atoms with Gasteiger partial charge in [0.15, 0.2) is 5.96 Å². The van der Waals surface area contributed by atoms with Crippen LogP contribution in [-0.2, 0) is 64.0 Å². The van der Waals surface area contributed by atoms with Gasteiger partial charge in [0.2, 0.25) is 59.1 Å². The van der Waals surface area contributed by atoms with Crippen molar-refractivity contribution in [1.29, 1.82) is 0 Å². The van der Waals surface area contributed by atoms with Crippen molar-refractivity contribution in [3.05, 3.63) is 18.2 Å². The molecule has 87 heavy (non-hydrogen) atoms. The molecule has 31 nitrogen and oxygen atoms in total. The number of aliphatic imine (C=N–C) groups is 1. The second kappa shape index (κ2) is 35.6. The van der Waals surface area contributed by atoms with E-state index in [1.165, 1.54) is 29.2 Å². The molecule has 488 valence electrons. The van der Waals surface area contributed by atoms with Gasteiger partial charge in [-0.3, -0.25) is 57.7 Å². The third-order valence-corrected chi connectivity index (χ3v) is 15.1. The molecule has 0 aliphatic carbocycles. The largest absolute Gasteiger partial charge is 0.481 e. The number of hydrogen-bond donors (Lipinski definition) is 15. The minimum Gasteiger partial charge on any atom is -0.481 e. The van der Waals surface area contributed by atoms with Crippen LogP contribution in [0.4, 0.5) is 0 Å². The van der Waals surface area contributed by atoms with E-state index in [0.29, 0.717) is 25.0 Å². The Balaban J connectivity index is 1.90. The van der Waals surface area contributed by atoms with E-state index in [1.54, 1.807) is 41.5 Å². The summed E-state index contributed by atoms with van der Waals surface area (Å²) in [7, 11) is 0. The number of H-pyrrole nitrogens is 1. The zero-order valence-electron chi connectivity index (χ0n) is 51.4. The number of nitrogens with zero attached hydrogens (tertiary/aromatic N) is 4. The van der Waals surface area contributed by atoms with Crippen molar-refractivity contribution in [3.8, 4) is 0 Å². The molecule has 0 radical (unpaired) electrons. The third-order valence-electron chi connectivity index (χ3n) is 15.1. The van der Waals surface area contributed by atoms with E-state index in [-0.39, 0.29) is 82.4 Å². The van der Waals surface area contributed by atoms with E-state index < -0.39 is 169 Å². The molecule has 2 saturated heterocycles. The van der Waals surface area contributed by atoms with Gasteiger partial charge in [-0.1, -0.05) is 61.8 Å². The number of rotatable bonds is 36. The summed E-state index contributed by atoms with van der Waals surface area (Å²) in [6.07, 6.45) is 1.50. The monoisotopic (exact) mass is 1230 g/mol. The molecular weight excluding hydrogens is 1140 g/mol. The Bertz CT molecular complexity index is 2560. The van der Waals surface area contributed by atoms with Crippen LogP contribution in [0.1, 0.15) is 139 Å². The summed E-state index contributed by atoms with van der Waals surface area (Å²) >= 11 is 0. The van der Waals surface area contributed by atoms with Crippen molar-refractivity contribution in [2.24, 2.45) is 45.9 Å². The summed E-state index contributed by atoms with van der Waals surface area (Å²) in [6.45, 7) is 14.9. The quantitative estimate of drug-likeness (QED) is 0.0180. The highest BCUT2D eigenvalue weighted by Crippen LogP contribution is 2.27. The number of aliphatic hydroxyl groups excluding tert-OH is 1. The van der Waals surface area contributed by atoms with Gasteiger partial charge in [-0.25, -0.2) is 9.78 Å². The van der Waals surface area contributed by atoms with Crippen molar-refractivity contribution in [2.45, 2.75) is 206 Å². The lowest BCUT2D eigenvalue weighted by atomic mass is 9.96. The number of nitrogens with one attached hydrogen (secondary N) is 9. The molecule has 12 atom stereocenters. The first-order valence-electron chi connectivity index (χ1n) is 29.8. The molecule has 10 amide bonds. The summed E-state index contributed by atoms with van der Waals surface area (Å²) in [5.41, 5.74) is 16.7. The number of carboxylic acid groups (broad SMARTS) is 2. The number of aliphatic hydroxyl groups is 1. The van der Waals surface area contributed by atoms with Gasteiger partial charge in [0.25, 0.3) is 0 Å². The number of hydrogen-bond acceptors (Lipinski definition) is 16. The minimum atomic E-state index is -1.61. The fourth-order valence-electron chi connectivity index (χ4n) is 10.2. The Morgan fingerprint density at radius 1 is 0.655 bits per heavy atom. The maximum Gasteiger partial charge on any atom is 0.326 e. The number of carbonyl (C=O) groups excluding carboxylic acids is 10. The number of amides is 10. The summed E-state index contributed by atoms with van der Waals surface area (Å²) in [6, 6.07) is -13.4. The zero-order chi connectivity index (χ0) is 65.4. The Labute approximate surface area is 506 Å². The van der Waals surface area contributed by atoms with Crippen molar-refractivity contribution < 1.29 is 72.9 Å². The van der Waals surface area contributed by atoms with Gasteiger partial charge in [-0.15, -0.1) is 0 Å². The average Bonchev–Trinajstić information content (AvgIpc) is 2.63.